The Labute approximate surface area is 55.5 Å². The lowest BCUT2D eigenvalue weighted by Gasteiger charge is -1.86. The molecule has 1 rings (SSSR count). The maximum absolute atomic E-state index is 10.5. The molecular weight excluding hydrogens is 140 g/mol. The summed E-state index contributed by atoms with van der Waals surface area (Å²) in [6.45, 7) is 0. The highest BCUT2D eigenvalue weighted by atomic mass is 32.2. The van der Waals surface area contributed by atoms with Crippen LogP contribution in [0.2, 0.25) is 0 Å². The Balaban J connectivity index is 3.16. The van der Waals surface area contributed by atoms with Gasteiger partial charge in [-0.2, -0.15) is 0 Å². The monoisotopic (exact) mass is 144 g/mol. The van der Waals surface area contributed by atoms with Crippen molar-refractivity contribution < 1.29 is 8.97 Å². The second kappa shape index (κ2) is 2.70. The second-order valence-electron chi connectivity index (χ2n) is 1.36. The van der Waals surface area contributed by atoms with Gasteiger partial charge >= 0.3 is 5.63 Å². The van der Waals surface area contributed by atoms with Crippen molar-refractivity contribution in [2.75, 3.05) is 0 Å². The van der Waals surface area contributed by atoms with Crippen molar-refractivity contribution in [3.8, 4) is 0 Å². The Morgan fingerprint density at radius 2 is 2.44 bits per heavy atom. The molecule has 4 heteroatoms. The molecular formula is C5H4O3S. The fourth-order valence-electron chi connectivity index (χ4n) is 0.422. The van der Waals surface area contributed by atoms with Crippen LogP contribution in [0.4, 0.5) is 0 Å². The van der Waals surface area contributed by atoms with Crippen LogP contribution in [0.5, 0.6) is 0 Å². The normalized spacial score (nSPS) is 9.44. The summed E-state index contributed by atoms with van der Waals surface area (Å²) < 4.78 is 12.8. The average Bonchev–Trinajstić information content (AvgIpc) is 1.89. The van der Waals surface area contributed by atoms with Crippen LogP contribution in [0.15, 0.2) is 32.5 Å². The van der Waals surface area contributed by atoms with Crippen LogP contribution in [-0.2, 0) is 0 Å². The van der Waals surface area contributed by atoms with Crippen molar-refractivity contribution in [3.63, 3.8) is 0 Å². The quantitative estimate of drug-likeness (QED) is 0.602. The van der Waals surface area contributed by atoms with Crippen molar-refractivity contribution in [1.29, 1.82) is 0 Å². The molecule has 0 spiro atoms. The SMILES string of the molecule is O=c1occcc1SO. The molecule has 0 unspecified atom stereocenters. The van der Waals surface area contributed by atoms with E-state index in [1.165, 1.54) is 12.3 Å². The van der Waals surface area contributed by atoms with Crippen LogP contribution < -0.4 is 5.63 Å². The smallest absolute Gasteiger partial charge is 0.351 e. The van der Waals surface area contributed by atoms with Gasteiger partial charge in [-0.3, -0.25) is 0 Å². The van der Waals surface area contributed by atoms with Gasteiger partial charge in [0.25, 0.3) is 0 Å². The second-order valence-corrected chi connectivity index (χ2v) is 1.98. The average molecular weight is 144 g/mol. The van der Waals surface area contributed by atoms with Gasteiger partial charge < -0.3 is 8.97 Å². The Kier molecular flexibility index (Phi) is 1.92. The third kappa shape index (κ3) is 1.34. The highest BCUT2D eigenvalue weighted by Crippen LogP contribution is 2.05. The van der Waals surface area contributed by atoms with Crippen LogP contribution >= 0.6 is 12.0 Å². The molecule has 1 aromatic heterocycles. The molecule has 1 heterocycles. The van der Waals surface area contributed by atoms with Crippen molar-refractivity contribution in [2.24, 2.45) is 0 Å². The van der Waals surface area contributed by atoms with Crippen molar-refractivity contribution in [1.82, 2.24) is 0 Å². The summed E-state index contributed by atoms with van der Waals surface area (Å²) in [4.78, 5) is 10.7. The van der Waals surface area contributed by atoms with Crippen LogP contribution in [0.1, 0.15) is 0 Å². The van der Waals surface area contributed by atoms with Crippen molar-refractivity contribution in [3.05, 3.63) is 28.8 Å². The number of hydrogen-bond donors (Lipinski definition) is 1. The summed E-state index contributed by atoms with van der Waals surface area (Å²) in [5, 5.41) is 0. The molecule has 0 aliphatic heterocycles. The van der Waals surface area contributed by atoms with Gasteiger partial charge in [0.05, 0.1) is 6.26 Å². The molecule has 3 nitrogen and oxygen atoms in total. The van der Waals surface area contributed by atoms with Gasteiger partial charge in [-0.25, -0.2) is 4.79 Å². The summed E-state index contributed by atoms with van der Waals surface area (Å²) in [5.41, 5.74) is -0.509. The minimum absolute atomic E-state index is 0.206. The largest absolute Gasteiger partial charge is 0.430 e. The van der Waals surface area contributed by atoms with E-state index in [0.717, 1.165) is 0 Å². The predicted molar refractivity (Wildman–Crippen MR) is 33.5 cm³/mol. The van der Waals surface area contributed by atoms with Gasteiger partial charge in [0.2, 0.25) is 0 Å². The number of rotatable bonds is 1. The Bertz CT molecular complexity index is 242. The minimum atomic E-state index is -0.509. The van der Waals surface area contributed by atoms with E-state index in [1.54, 1.807) is 6.07 Å². The molecule has 0 aliphatic carbocycles. The summed E-state index contributed by atoms with van der Waals surface area (Å²) >= 11 is 0.389. The lowest BCUT2D eigenvalue weighted by Crippen LogP contribution is -1.98. The van der Waals surface area contributed by atoms with Crippen LogP contribution in [0, 0.1) is 0 Å². The first-order valence-corrected chi connectivity index (χ1v) is 3.01. The van der Waals surface area contributed by atoms with E-state index in [1.807, 2.05) is 0 Å². The summed E-state index contributed by atoms with van der Waals surface area (Å²) in [7, 11) is 0. The zero-order valence-corrected chi connectivity index (χ0v) is 5.22. The van der Waals surface area contributed by atoms with E-state index in [4.69, 9.17) is 4.55 Å². The molecule has 48 valence electrons. The highest BCUT2D eigenvalue weighted by molar-refractivity contribution is 7.93. The topological polar surface area (TPSA) is 50.4 Å². The molecule has 1 N–H and O–H groups in total. The molecule has 0 bridgehead atoms. The van der Waals surface area contributed by atoms with Gasteiger partial charge in [-0.1, -0.05) is 0 Å². The van der Waals surface area contributed by atoms with Gasteiger partial charge in [0.1, 0.15) is 4.90 Å². The Hall–Kier alpha value is -0.740. The van der Waals surface area contributed by atoms with Crippen LogP contribution in [-0.4, -0.2) is 4.55 Å². The van der Waals surface area contributed by atoms with Crippen LogP contribution in [0.3, 0.4) is 0 Å². The first-order chi connectivity index (χ1) is 4.34. The molecule has 0 aliphatic rings. The van der Waals surface area contributed by atoms with Gasteiger partial charge in [-0.15, -0.1) is 0 Å². The van der Waals surface area contributed by atoms with E-state index >= 15 is 0 Å². The fraction of sp³-hybridized carbons (Fsp3) is 0. The van der Waals surface area contributed by atoms with Crippen molar-refractivity contribution in [2.45, 2.75) is 4.90 Å². The lowest BCUT2D eigenvalue weighted by molar-refractivity contribution is 0.492. The van der Waals surface area contributed by atoms with Crippen molar-refractivity contribution >= 4 is 12.0 Å². The van der Waals surface area contributed by atoms with Gasteiger partial charge in [0.15, 0.2) is 0 Å². The number of hydrogen-bond acceptors (Lipinski definition) is 4. The minimum Gasteiger partial charge on any atom is -0.430 e. The van der Waals surface area contributed by atoms with E-state index in [2.05, 4.69) is 4.42 Å². The summed E-state index contributed by atoms with van der Waals surface area (Å²) in [6, 6.07) is 3.02. The third-order valence-electron chi connectivity index (χ3n) is 0.801. The van der Waals surface area contributed by atoms with Gasteiger partial charge in [-0.05, 0) is 12.1 Å². The first-order valence-electron chi connectivity index (χ1n) is 2.24. The van der Waals surface area contributed by atoms with E-state index in [9.17, 15) is 4.79 Å². The third-order valence-corrected chi connectivity index (χ3v) is 1.30. The molecule has 9 heavy (non-hydrogen) atoms. The zero-order valence-electron chi connectivity index (χ0n) is 4.40. The molecule has 0 radical (unpaired) electrons. The molecule has 0 fully saturated rings. The lowest BCUT2D eigenvalue weighted by atomic mass is 10.5. The molecule has 1 aromatic rings. The zero-order chi connectivity index (χ0) is 6.69. The molecule has 0 amide bonds. The molecule has 0 saturated carbocycles. The molecule has 0 aromatic carbocycles. The highest BCUT2D eigenvalue weighted by Gasteiger charge is 1.95. The first kappa shape index (κ1) is 6.38. The van der Waals surface area contributed by atoms with Crippen LogP contribution in [0.25, 0.3) is 0 Å². The summed E-state index contributed by atoms with van der Waals surface area (Å²) in [5.74, 6) is 0. The molecule has 0 atom stereocenters. The Morgan fingerprint density at radius 3 is 2.89 bits per heavy atom. The predicted octanol–water partition coefficient (Wildman–Crippen LogP) is 1.20. The van der Waals surface area contributed by atoms with Gasteiger partial charge in [0, 0.05) is 12.0 Å². The van der Waals surface area contributed by atoms with E-state index < -0.39 is 5.63 Å². The fourth-order valence-corrected chi connectivity index (χ4v) is 0.684. The Morgan fingerprint density at radius 1 is 1.67 bits per heavy atom. The molecule has 0 saturated heterocycles. The van der Waals surface area contributed by atoms with E-state index in [-0.39, 0.29) is 4.90 Å². The maximum Gasteiger partial charge on any atom is 0.351 e. The summed E-state index contributed by atoms with van der Waals surface area (Å²) in [6.07, 6.45) is 1.27. The maximum atomic E-state index is 10.5. The van der Waals surface area contributed by atoms with E-state index in [0.29, 0.717) is 12.0 Å². The standard InChI is InChI=1S/C5H4O3S/c6-5-4(9-7)2-1-3-8-5/h1-3,7H.